The molecule has 0 radical (unpaired) electrons. The summed E-state index contributed by atoms with van der Waals surface area (Å²) in [5, 5.41) is 11.5. The smallest absolute Gasteiger partial charge is 0.125 e. The van der Waals surface area contributed by atoms with Gasteiger partial charge in [-0.3, -0.25) is 0 Å². The minimum Gasteiger partial charge on any atom is -0.395 e. The van der Waals surface area contributed by atoms with E-state index in [1.807, 2.05) is 19.1 Å². The second-order valence-corrected chi connectivity index (χ2v) is 2.37. The average molecular weight is 152 g/mol. The third-order valence-corrected chi connectivity index (χ3v) is 1.33. The van der Waals surface area contributed by atoms with Crippen molar-refractivity contribution in [3.8, 4) is 0 Å². The molecule has 3 heteroatoms. The highest BCUT2D eigenvalue weighted by Gasteiger charge is 1.89. The highest BCUT2D eigenvalue weighted by Crippen LogP contribution is 2.02. The van der Waals surface area contributed by atoms with Crippen molar-refractivity contribution in [2.75, 3.05) is 18.5 Å². The molecule has 0 saturated heterocycles. The summed E-state index contributed by atoms with van der Waals surface area (Å²) in [4.78, 5) is 4.09. The zero-order valence-electron chi connectivity index (χ0n) is 6.54. The Morgan fingerprint density at radius 2 is 2.36 bits per heavy atom. The molecular formula is C8H12N2O. The quantitative estimate of drug-likeness (QED) is 0.673. The van der Waals surface area contributed by atoms with E-state index >= 15 is 0 Å². The van der Waals surface area contributed by atoms with E-state index in [0.29, 0.717) is 6.54 Å². The molecule has 0 aliphatic heterocycles. The van der Waals surface area contributed by atoms with Gasteiger partial charge < -0.3 is 10.4 Å². The van der Waals surface area contributed by atoms with E-state index in [0.717, 1.165) is 11.4 Å². The third-order valence-electron chi connectivity index (χ3n) is 1.33. The Balaban J connectivity index is 2.52. The first kappa shape index (κ1) is 8.01. The summed E-state index contributed by atoms with van der Waals surface area (Å²) < 4.78 is 0. The average Bonchev–Trinajstić information content (AvgIpc) is 2.04. The number of nitrogens with zero attached hydrogens (tertiary/aromatic N) is 1. The number of hydrogen-bond donors (Lipinski definition) is 2. The molecule has 1 heterocycles. The van der Waals surface area contributed by atoms with Gasteiger partial charge in [0.15, 0.2) is 0 Å². The predicted molar refractivity (Wildman–Crippen MR) is 44.5 cm³/mol. The maximum atomic E-state index is 8.49. The lowest BCUT2D eigenvalue weighted by atomic mass is 10.3. The highest BCUT2D eigenvalue weighted by atomic mass is 16.3. The summed E-state index contributed by atoms with van der Waals surface area (Å²) in [7, 11) is 0. The fourth-order valence-electron chi connectivity index (χ4n) is 0.756. The van der Waals surface area contributed by atoms with Gasteiger partial charge >= 0.3 is 0 Å². The van der Waals surface area contributed by atoms with Crippen LogP contribution in [0.25, 0.3) is 0 Å². The van der Waals surface area contributed by atoms with Crippen molar-refractivity contribution in [1.82, 2.24) is 4.98 Å². The number of aliphatic hydroxyl groups is 1. The maximum Gasteiger partial charge on any atom is 0.125 e. The minimum absolute atomic E-state index is 0.134. The van der Waals surface area contributed by atoms with Gasteiger partial charge in [-0.1, -0.05) is 6.07 Å². The first-order valence-corrected chi connectivity index (χ1v) is 3.60. The number of aromatic nitrogens is 1. The number of aryl methyl sites for hydroxylation is 1. The summed E-state index contributed by atoms with van der Waals surface area (Å²) in [6, 6.07) is 3.87. The fraction of sp³-hybridized carbons (Fsp3) is 0.375. The van der Waals surface area contributed by atoms with Crippen LogP contribution in [-0.2, 0) is 0 Å². The van der Waals surface area contributed by atoms with Crippen LogP contribution in [-0.4, -0.2) is 23.2 Å². The monoisotopic (exact) mass is 152 g/mol. The van der Waals surface area contributed by atoms with Crippen LogP contribution in [0, 0.1) is 6.92 Å². The maximum absolute atomic E-state index is 8.49. The number of rotatable bonds is 3. The van der Waals surface area contributed by atoms with Crippen molar-refractivity contribution in [2.45, 2.75) is 6.92 Å². The van der Waals surface area contributed by atoms with Crippen LogP contribution in [0.4, 0.5) is 5.82 Å². The molecule has 11 heavy (non-hydrogen) atoms. The van der Waals surface area contributed by atoms with E-state index in [4.69, 9.17) is 5.11 Å². The molecule has 0 aromatic carbocycles. The lowest BCUT2D eigenvalue weighted by Crippen LogP contribution is -2.06. The van der Waals surface area contributed by atoms with Gasteiger partial charge in [0.2, 0.25) is 0 Å². The zero-order chi connectivity index (χ0) is 8.10. The standard InChI is InChI=1S/C8H12N2O/c1-7-2-3-8(10-6-7)9-4-5-11/h2-3,6,11H,4-5H2,1H3,(H,9,10). The van der Waals surface area contributed by atoms with E-state index in [2.05, 4.69) is 10.3 Å². The van der Waals surface area contributed by atoms with Crippen LogP contribution < -0.4 is 5.32 Å². The van der Waals surface area contributed by atoms with Crippen LogP contribution in [0.15, 0.2) is 18.3 Å². The molecule has 1 aromatic rings. The Bertz CT molecular complexity index is 208. The largest absolute Gasteiger partial charge is 0.395 e. The fourth-order valence-corrected chi connectivity index (χ4v) is 0.756. The number of hydrogen-bond acceptors (Lipinski definition) is 3. The lowest BCUT2D eigenvalue weighted by Gasteiger charge is -2.01. The van der Waals surface area contributed by atoms with Crippen molar-refractivity contribution < 1.29 is 5.11 Å². The molecule has 0 aliphatic carbocycles. The molecule has 0 bridgehead atoms. The van der Waals surface area contributed by atoms with E-state index in [9.17, 15) is 0 Å². The van der Waals surface area contributed by atoms with E-state index in [1.165, 1.54) is 0 Å². The van der Waals surface area contributed by atoms with Crippen molar-refractivity contribution in [2.24, 2.45) is 0 Å². The Morgan fingerprint density at radius 1 is 1.55 bits per heavy atom. The van der Waals surface area contributed by atoms with E-state index in [-0.39, 0.29) is 6.61 Å². The second kappa shape index (κ2) is 3.93. The normalized spacial score (nSPS) is 9.64. The highest BCUT2D eigenvalue weighted by molar-refractivity contribution is 5.34. The topological polar surface area (TPSA) is 45.1 Å². The molecule has 2 N–H and O–H groups in total. The van der Waals surface area contributed by atoms with Crippen molar-refractivity contribution in [3.05, 3.63) is 23.9 Å². The summed E-state index contributed by atoms with van der Waals surface area (Å²) in [5.74, 6) is 0.810. The number of pyridine rings is 1. The number of nitrogens with one attached hydrogen (secondary N) is 1. The molecule has 0 saturated carbocycles. The Kier molecular flexibility index (Phi) is 2.86. The van der Waals surface area contributed by atoms with Crippen LogP contribution in [0.3, 0.4) is 0 Å². The molecular weight excluding hydrogens is 140 g/mol. The van der Waals surface area contributed by atoms with Gasteiger partial charge in [0.1, 0.15) is 5.82 Å². The van der Waals surface area contributed by atoms with Gasteiger partial charge in [0.25, 0.3) is 0 Å². The molecule has 3 nitrogen and oxygen atoms in total. The molecule has 0 fully saturated rings. The number of anilines is 1. The molecule has 0 amide bonds. The van der Waals surface area contributed by atoms with Crippen molar-refractivity contribution >= 4 is 5.82 Å². The molecule has 0 spiro atoms. The Labute approximate surface area is 66.1 Å². The zero-order valence-corrected chi connectivity index (χ0v) is 6.54. The summed E-state index contributed by atoms with van der Waals surface area (Å²) in [6.07, 6.45) is 1.79. The van der Waals surface area contributed by atoms with E-state index < -0.39 is 0 Å². The van der Waals surface area contributed by atoms with Crippen molar-refractivity contribution in [1.29, 1.82) is 0 Å². The van der Waals surface area contributed by atoms with Crippen LogP contribution in [0.2, 0.25) is 0 Å². The predicted octanol–water partition coefficient (Wildman–Crippen LogP) is 0.794. The number of aliphatic hydroxyl groups excluding tert-OH is 1. The first-order chi connectivity index (χ1) is 5.33. The SMILES string of the molecule is Cc1ccc(NCCO)nc1. The van der Waals surface area contributed by atoms with Crippen LogP contribution >= 0.6 is 0 Å². The first-order valence-electron chi connectivity index (χ1n) is 3.60. The van der Waals surface area contributed by atoms with Gasteiger partial charge in [-0.05, 0) is 18.6 Å². The summed E-state index contributed by atoms with van der Waals surface area (Å²) >= 11 is 0. The second-order valence-electron chi connectivity index (χ2n) is 2.37. The van der Waals surface area contributed by atoms with E-state index in [1.54, 1.807) is 6.20 Å². The molecule has 1 rings (SSSR count). The molecule has 0 atom stereocenters. The summed E-state index contributed by atoms with van der Waals surface area (Å²) in [6.45, 7) is 2.68. The van der Waals surface area contributed by atoms with Gasteiger partial charge in [-0.25, -0.2) is 4.98 Å². The van der Waals surface area contributed by atoms with Gasteiger partial charge in [-0.15, -0.1) is 0 Å². The Morgan fingerprint density at radius 3 is 2.91 bits per heavy atom. The lowest BCUT2D eigenvalue weighted by molar-refractivity contribution is 0.311. The van der Waals surface area contributed by atoms with Crippen LogP contribution in [0.1, 0.15) is 5.56 Å². The third kappa shape index (κ3) is 2.55. The Hall–Kier alpha value is -1.09. The molecule has 1 aromatic heterocycles. The molecule has 0 aliphatic rings. The van der Waals surface area contributed by atoms with Gasteiger partial charge in [0.05, 0.1) is 6.61 Å². The minimum atomic E-state index is 0.134. The van der Waals surface area contributed by atoms with Gasteiger partial charge in [0, 0.05) is 12.7 Å². The van der Waals surface area contributed by atoms with Crippen LogP contribution in [0.5, 0.6) is 0 Å². The molecule has 60 valence electrons. The van der Waals surface area contributed by atoms with Gasteiger partial charge in [-0.2, -0.15) is 0 Å². The summed E-state index contributed by atoms with van der Waals surface area (Å²) in [5.41, 5.74) is 1.14. The molecule has 0 unspecified atom stereocenters. The van der Waals surface area contributed by atoms with Crippen molar-refractivity contribution in [3.63, 3.8) is 0 Å².